The Balaban J connectivity index is 2.66. The quantitative estimate of drug-likeness (QED) is 0.812. The van der Waals surface area contributed by atoms with Crippen LogP contribution in [0.15, 0.2) is 43.0 Å². The van der Waals surface area contributed by atoms with E-state index in [2.05, 4.69) is 11.9 Å². The Labute approximate surface area is 102 Å². The standard InChI is InChI=1S/C14H19NO2/c1-5-12(11-9-7-6-8-10-11)15-13(16)17-14(2,3)4/h5-10,12H,1H2,2-4H3,(H,15,16)/t12-/m0/s1. The molecule has 0 aliphatic carbocycles. The van der Waals surface area contributed by atoms with Crippen LogP contribution in [0, 0.1) is 0 Å². The summed E-state index contributed by atoms with van der Waals surface area (Å²) in [4.78, 5) is 11.6. The molecule has 3 nitrogen and oxygen atoms in total. The van der Waals surface area contributed by atoms with E-state index in [1.807, 2.05) is 51.1 Å². The lowest BCUT2D eigenvalue weighted by atomic mass is 10.1. The van der Waals surface area contributed by atoms with Gasteiger partial charge in [-0.2, -0.15) is 0 Å². The van der Waals surface area contributed by atoms with E-state index in [0.29, 0.717) is 0 Å². The molecule has 0 aromatic heterocycles. The summed E-state index contributed by atoms with van der Waals surface area (Å²) in [6.07, 6.45) is 1.24. The van der Waals surface area contributed by atoms with Gasteiger partial charge in [0.2, 0.25) is 0 Å². The summed E-state index contributed by atoms with van der Waals surface area (Å²) in [5.41, 5.74) is 0.486. The van der Waals surface area contributed by atoms with Crippen molar-refractivity contribution < 1.29 is 9.53 Å². The van der Waals surface area contributed by atoms with Crippen LogP contribution >= 0.6 is 0 Å². The normalized spacial score (nSPS) is 12.6. The van der Waals surface area contributed by atoms with Gasteiger partial charge in [-0.05, 0) is 26.3 Å². The van der Waals surface area contributed by atoms with Crippen LogP contribution in [0.4, 0.5) is 4.79 Å². The van der Waals surface area contributed by atoms with Gasteiger partial charge in [0.25, 0.3) is 0 Å². The highest BCUT2D eigenvalue weighted by atomic mass is 16.6. The highest BCUT2D eigenvalue weighted by Gasteiger charge is 2.18. The molecule has 1 rings (SSSR count). The molecule has 0 saturated carbocycles. The Bertz CT molecular complexity index is 379. The first-order chi connectivity index (χ1) is 7.92. The number of hydrogen-bond acceptors (Lipinski definition) is 2. The third-order valence-electron chi connectivity index (χ3n) is 2.07. The molecule has 0 heterocycles. The Hall–Kier alpha value is -1.77. The molecule has 0 bridgehead atoms. The van der Waals surface area contributed by atoms with Crippen LogP contribution in [0.1, 0.15) is 32.4 Å². The summed E-state index contributed by atoms with van der Waals surface area (Å²) in [6, 6.07) is 9.40. The van der Waals surface area contributed by atoms with Crippen molar-refractivity contribution in [3.8, 4) is 0 Å². The lowest BCUT2D eigenvalue weighted by Gasteiger charge is -2.22. The highest BCUT2D eigenvalue weighted by molar-refractivity contribution is 5.68. The number of carbonyl (C=O) groups is 1. The van der Waals surface area contributed by atoms with Crippen LogP contribution in [0.5, 0.6) is 0 Å². The van der Waals surface area contributed by atoms with Crippen molar-refractivity contribution in [3.63, 3.8) is 0 Å². The van der Waals surface area contributed by atoms with Gasteiger partial charge in [0.05, 0.1) is 6.04 Å². The van der Waals surface area contributed by atoms with Crippen molar-refractivity contribution in [3.05, 3.63) is 48.6 Å². The van der Waals surface area contributed by atoms with E-state index in [0.717, 1.165) is 5.56 Å². The molecule has 3 heteroatoms. The minimum atomic E-state index is -0.494. The molecule has 1 amide bonds. The third kappa shape index (κ3) is 4.72. The molecule has 1 aromatic rings. The van der Waals surface area contributed by atoms with Crippen LogP contribution < -0.4 is 5.32 Å². The van der Waals surface area contributed by atoms with Crippen LogP contribution in [-0.2, 0) is 4.74 Å². The van der Waals surface area contributed by atoms with Crippen LogP contribution in [0.25, 0.3) is 0 Å². The average molecular weight is 233 g/mol. The Morgan fingerprint density at radius 2 is 1.94 bits per heavy atom. The second-order valence-corrected chi connectivity index (χ2v) is 4.77. The van der Waals surface area contributed by atoms with E-state index in [4.69, 9.17) is 4.74 Å². The fraction of sp³-hybridized carbons (Fsp3) is 0.357. The van der Waals surface area contributed by atoms with Crippen LogP contribution in [0.3, 0.4) is 0 Å². The number of rotatable bonds is 3. The Morgan fingerprint density at radius 3 is 2.41 bits per heavy atom. The molecule has 0 aliphatic rings. The molecular formula is C14H19NO2. The fourth-order valence-corrected chi connectivity index (χ4v) is 1.37. The van der Waals surface area contributed by atoms with E-state index in [-0.39, 0.29) is 6.04 Å². The van der Waals surface area contributed by atoms with Crippen molar-refractivity contribution in [1.82, 2.24) is 5.32 Å². The van der Waals surface area contributed by atoms with Gasteiger partial charge in [-0.25, -0.2) is 4.79 Å². The summed E-state index contributed by atoms with van der Waals surface area (Å²) in [7, 11) is 0. The largest absolute Gasteiger partial charge is 0.444 e. The van der Waals surface area contributed by atoms with Crippen molar-refractivity contribution in [2.24, 2.45) is 0 Å². The van der Waals surface area contributed by atoms with E-state index >= 15 is 0 Å². The molecule has 17 heavy (non-hydrogen) atoms. The van der Waals surface area contributed by atoms with Crippen molar-refractivity contribution in [1.29, 1.82) is 0 Å². The zero-order valence-electron chi connectivity index (χ0n) is 10.6. The topological polar surface area (TPSA) is 38.3 Å². The maximum atomic E-state index is 11.6. The molecule has 0 radical (unpaired) electrons. The summed E-state index contributed by atoms with van der Waals surface area (Å²) in [6.45, 7) is 9.21. The molecule has 1 atom stereocenters. The molecule has 0 fully saturated rings. The minimum Gasteiger partial charge on any atom is -0.444 e. The van der Waals surface area contributed by atoms with Crippen molar-refractivity contribution >= 4 is 6.09 Å². The number of ether oxygens (including phenoxy) is 1. The second kappa shape index (κ2) is 5.53. The zero-order chi connectivity index (χ0) is 12.9. The summed E-state index contributed by atoms with van der Waals surface area (Å²) < 4.78 is 5.19. The first-order valence-electron chi connectivity index (χ1n) is 5.59. The minimum absolute atomic E-state index is 0.231. The number of nitrogens with one attached hydrogen (secondary N) is 1. The number of alkyl carbamates (subject to hydrolysis) is 1. The van der Waals surface area contributed by atoms with Gasteiger partial charge in [0.15, 0.2) is 0 Å². The molecule has 1 N–H and O–H groups in total. The SMILES string of the molecule is C=C[C@H](NC(=O)OC(C)(C)C)c1ccccc1. The highest BCUT2D eigenvalue weighted by Crippen LogP contribution is 2.14. The predicted octanol–water partition coefficient (Wildman–Crippen LogP) is 3.44. The predicted molar refractivity (Wildman–Crippen MR) is 68.7 cm³/mol. The number of benzene rings is 1. The van der Waals surface area contributed by atoms with Gasteiger partial charge in [0.1, 0.15) is 5.60 Å². The lowest BCUT2D eigenvalue weighted by Crippen LogP contribution is -2.34. The summed E-state index contributed by atoms with van der Waals surface area (Å²) >= 11 is 0. The van der Waals surface area contributed by atoms with E-state index in [9.17, 15) is 4.79 Å². The maximum absolute atomic E-state index is 11.6. The van der Waals surface area contributed by atoms with E-state index in [1.54, 1.807) is 6.08 Å². The fourth-order valence-electron chi connectivity index (χ4n) is 1.37. The summed E-state index contributed by atoms with van der Waals surface area (Å²) in [5, 5.41) is 2.76. The van der Waals surface area contributed by atoms with Crippen molar-refractivity contribution in [2.45, 2.75) is 32.4 Å². The molecule has 0 aliphatic heterocycles. The molecule has 1 aromatic carbocycles. The van der Waals surface area contributed by atoms with Gasteiger partial charge in [-0.1, -0.05) is 36.4 Å². The smallest absolute Gasteiger partial charge is 0.408 e. The summed E-state index contributed by atoms with van der Waals surface area (Å²) in [5.74, 6) is 0. The maximum Gasteiger partial charge on any atom is 0.408 e. The molecular weight excluding hydrogens is 214 g/mol. The first kappa shape index (κ1) is 13.3. The Morgan fingerprint density at radius 1 is 1.35 bits per heavy atom. The van der Waals surface area contributed by atoms with Gasteiger partial charge in [-0.3, -0.25) is 0 Å². The number of carbonyl (C=O) groups excluding carboxylic acids is 1. The van der Waals surface area contributed by atoms with E-state index in [1.165, 1.54) is 0 Å². The Kier molecular flexibility index (Phi) is 4.32. The number of amides is 1. The van der Waals surface area contributed by atoms with Crippen LogP contribution in [0.2, 0.25) is 0 Å². The molecule has 0 saturated heterocycles. The number of hydrogen-bond donors (Lipinski definition) is 1. The van der Waals surface area contributed by atoms with Crippen molar-refractivity contribution in [2.75, 3.05) is 0 Å². The zero-order valence-corrected chi connectivity index (χ0v) is 10.6. The second-order valence-electron chi connectivity index (χ2n) is 4.77. The monoisotopic (exact) mass is 233 g/mol. The molecule has 92 valence electrons. The van der Waals surface area contributed by atoms with Gasteiger partial charge < -0.3 is 10.1 Å². The first-order valence-corrected chi connectivity index (χ1v) is 5.59. The van der Waals surface area contributed by atoms with E-state index < -0.39 is 11.7 Å². The average Bonchev–Trinajstić information content (AvgIpc) is 2.24. The molecule has 0 spiro atoms. The molecule has 0 unspecified atom stereocenters. The van der Waals surface area contributed by atoms with Gasteiger partial charge >= 0.3 is 6.09 Å². The van der Waals surface area contributed by atoms with Crippen LogP contribution in [-0.4, -0.2) is 11.7 Å². The lowest BCUT2D eigenvalue weighted by molar-refractivity contribution is 0.0514. The van der Waals surface area contributed by atoms with Gasteiger partial charge in [-0.15, -0.1) is 6.58 Å². The van der Waals surface area contributed by atoms with Gasteiger partial charge in [0, 0.05) is 0 Å². The third-order valence-corrected chi connectivity index (χ3v) is 2.07.